The van der Waals surface area contributed by atoms with E-state index in [1.165, 1.54) is 16.7 Å². The number of hydrogen-bond acceptors (Lipinski definition) is 4. The van der Waals surface area contributed by atoms with Crippen LogP contribution >= 0.6 is 0 Å². The van der Waals surface area contributed by atoms with Gasteiger partial charge in [-0.3, -0.25) is 0 Å². The smallest absolute Gasteiger partial charge is 0.112 e. The second kappa shape index (κ2) is 12.3. The van der Waals surface area contributed by atoms with Gasteiger partial charge in [0.1, 0.15) is 5.71 Å². The molecule has 0 spiro atoms. The summed E-state index contributed by atoms with van der Waals surface area (Å²) in [5, 5.41) is 9.62. The van der Waals surface area contributed by atoms with E-state index in [2.05, 4.69) is 70.7 Å². The molecule has 0 aliphatic carbocycles. The molecule has 27 heavy (non-hydrogen) atoms. The summed E-state index contributed by atoms with van der Waals surface area (Å²) in [5.74, 6) is 2.47. The Morgan fingerprint density at radius 1 is 1.22 bits per heavy atom. The van der Waals surface area contributed by atoms with E-state index in [9.17, 15) is 0 Å². The average Bonchev–Trinajstić information content (AvgIpc) is 2.67. The topological polar surface area (TPSA) is 48.5 Å². The normalized spacial score (nSPS) is 13.1. The number of likely N-dealkylation sites (N-methyl/N-ethyl adjacent to an activating group) is 1. The Balaban J connectivity index is 2.81. The van der Waals surface area contributed by atoms with Crippen LogP contribution in [0.5, 0.6) is 0 Å². The molecule has 0 saturated heterocycles. The second-order valence-electron chi connectivity index (χ2n) is 6.13. The molecule has 0 aliphatic heterocycles. The van der Waals surface area contributed by atoms with Crippen molar-refractivity contribution in [1.29, 1.82) is 0 Å². The molecule has 1 rings (SSSR count). The maximum Gasteiger partial charge on any atom is 0.112 e. The van der Waals surface area contributed by atoms with E-state index in [1.807, 2.05) is 27.2 Å². The van der Waals surface area contributed by atoms with Crippen LogP contribution in [-0.2, 0) is 6.54 Å². The Morgan fingerprint density at radius 2 is 1.93 bits per heavy atom. The lowest BCUT2D eigenvalue weighted by molar-refractivity contribution is 0.808. The molecule has 0 saturated carbocycles. The Morgan fingerprint density at radius 3 is 2.48 bits per heavy atom. The predicted octanol–water partition coefficient (Wildman–Crippen LogP) is 3.62. The van der Waals surface area contributed by atoms with Crippen LogP contribution in [0.25, 0.3) is 5.57 Å². The molecular weight excluding hydrogens is 332 g/mol. The van der Waals surface area contributed by atoms with Crippen LogP contribution in [-0.4, -0.2) is 26.4 Å². The minimum Gasteiger partial charge on any atom is -0.393 e. The van der Waals surface area contributed by atoms with Crippen molar-refractivity contribution in [1.82, 2.24) is 16.0 Å². The maximum atomic E-state index is 5.32. The number of rotatable bonds is 10. The number of nitrogens with one attached hydrogen (secondary N) is 3. The summed E-state index contributed by atoms with van der Waals surface area (Å²) < 4.78 is 0. The highest BCUT2D eigenvalue weighted by Gasteiger charge is 2.01. The zero-order valence-electron chi connectivity index (χ0n) is 16.8. The lowest BCUT2D eigenvalue weighted by Crippen LogP contribution is -2.10. The van der Waals surface area contributed by atoms with Crippen LogP contribution in [0.3, 0.4) is 0 Å². The molecule has 0 amide bonds. The molecule has 1 aromatic carbocycles. The molecule has 0 fully saturated rings. The summed E-state index contributed by atoms with van der Waals surface area (Å²) in [6.45, 7) is 9.29. The first-order valence-corrected chi connectivity index (χ1v) is 8.90. The number of aliphatic imine (C=N–C) groups is 1. The van der Waals surface area contributed by atoms with Crippen molar-refractivity contribution < 1.29 is 0 Å². The third-order valence-corrected chi connectivity index (χ3v) is 3.75. The minimum atomic E-state index is 0.519. The predicted molar refractivity (Wildman–Crippen MR) is 118 cm³/mol. The van der Waals surface area contributed by atoms with E-state index in [0.717, 1.165) is 24.4 Å². The fourth-order valence-electron chi connectivity index (χ4n) is 2.38. The third kappa shape index (κ3) is 8.26. The van der Waals surface area contributed by atoms with Crippen LogP contribution in [0.15, 0.2) is 71.7 Å². The molecule has 0 aromatic heterocycles. The molecule has 142 valence electrons. The molecule has 0 bridgehead atoms. The highest BCUT2D eigenvalue weighted by molar-refractivity contribution is 6.08. The van der Waals surface area contributed by atoms with E-state index in [4.69, 9.17) is 6.42 Å². The van der Waals surface area contributed by atoms with Gasteiger partial charge in [0.15, 0.2) is 0 Å². The van der Waals surface area contributed by atoms with Crippen LogP contribution in [0.2, 0.25) is 0 Å². The minimum absolute atomic E-state index is 0.519. The van der Waals surface area contributed by atoms with Gasteiger partial charge in [-0.1, -0.05) is 48.4 Å². The lowest BCUT2D eigenvalue weighted by Gasteiger charge is -2.09. The monoisotopic (exact) mass is 362 g/mol. The largest absolute Gasteiger partial charge is 0.393 e. The van der Waals surface area contributed by atoms with Crippen molar-refractivity contribution in [3.05, 3.63) is 77.8 Å². The SMILES string of the molecule is C#C/C(C=C)=N/C=C(\C)NCc1ccc(C(/C=C(/C)CNC)=C/NC)cc1. The molecule has 0 aliphatic rings. The number of hydrogen-bond donors (Lipinski definition) is 3. The molecule has 4 nitrogen and oxygen atoms in total. The Hall–Kier alpha value is -3.03. The van der Waals surface area contributed by atoms with Crippen molar-refractivity contribution in [3.8, 4) is 12.3 Å². The number of benzene rings is 1. The highest BCUT2D eigenvalue weighted by Crippen LogP contribution is 2.18. The third-order valence-electron chi connectivity index (χ3n) is 3.75. The highest BCUT2D eigenvalue weighted by atomic mass is 14.9. The van der Waals surface area contributed by atoms with Crippen molar-refractivity contribution >= 4 is 11.3 Å². The van der Waals surface area contributed by atoms with Gasteiger partial charge >= 0.3 is 0 Å². The lowest BCUT2D eigenvalue weighted by atomic mass is 10.0. The Labute approximate surface area is 163 Å². The summed E-state index contributed by atoms with van der Waals surface area (Å²) in [7, 11) is 3.86. The van der Waals surface area contributed by atoms with E-state index in [0.29, 0.717) is 5.71 Å². The van der Waals surface area contributed by atoms with E-state index in [1.54, 1.807) is 12.3 Å². The molecule has 3 N–H and O–H groups in total. The van der Waals surface area contributed by atoms with Crippen molar-refractivity contribution in [2.45, 2.75) is 20.4 Å². The van der Waals surface area contributed by atoms with Gasteiger partial charge in [0.2, 0.25) is 0 Å². The zero-order valence-corrected chi connectivity index (χ0v) is 16.8. The Bertz CT molecular complexity index is 772. The van der Waals surface area contributed by atoms with Crippen molar-refractivity contribution in [2.24, 2.45) is 4.99 Å². The maximum absolute atomic E-state index is 5.32. The molecule has 0 heterocycles. The second-order valence-corrected chi connectivity index (χ2v) is 6.13. The van der Waals surface area contributed by atoms with E-state index >= 15 is 0 Å². The Kier molecular flexibility index (Phi) is 10.1. The van der Waals surface area contributed by atoms with Gasteiger partial charge in [-0.15, -0.1) is 6.42 Å². The number of nitrogens with zero attached hydrogens (tertiary/aromatic N) is 1. The van der Waals surface area contributed by atoms with Gasteiger partial charge in [0.25, 0.3) is 0 Å². The fourth-order valence-corrected chi connectivity index (χ4v) is 2.38. The summed E-state index contributed by atoms with van der Waals surface area (Å²) in [4.78, 5) is 4.19. The molecule has 1 aromatic rings. The summed E-state index contributed by atoms with van der Waals surface area (Å²) >= 11 is 0. The first-order valence-electron chi connectivity index (χ1n) is 8.90. The van der Waals surface area contributed by atoms with E-state index < -0.39 is 0 Å². The van der Waals surface area contributed by atoms with Gasteiger partial charge in [0.05, 0.1) is 0 Å². The molecule has 4 heteroatoms. The molecule has 0 unspecified atom stereocenters. The summed E-state index contributed by atoms with van der Waals surface area (Å²) in [6, 6.07) is 8.52. The van der Waals surface area contributed by atoms with Gasteiger partial charge in [-0.05, 0) is 43.7 Å². The number of terminal acetylenes is 1. The van der Waals surface area contributed by atoms with Crippen LogP contribution in [0.4, 0.5) is 0 Å². The fraction of sp³-hybridized carbons (Fsp3) is 0.261. The zero-order chi connectivity index (χ0) is 20.1. The summed E-state index contributed by atoms with van der Waals surface area (Å²) in [6.07, 6.45) is 12.8. The first-order chi connectivity index (χ1) is 13.0. The van der Waals surface area contributed by atoms with Crippen LogP contribution < -0.4 is 16.0 Å². The molecular formula is C23H30N4. The quantitative estimate of drug-likeness (QED) is 0.338. The van der Waals surface area contributed by atoms with Gasteiger partial charge in [-0.2, -0.15) is 0 Å². The van der Waals surface area contributed by atoms with Crippen LogP contribution in [0, 0.1) is 12.3 Å². The summed E-state index contributed by atoms with van der Waals surface area (Å²) in [5.41, 5.74) is 6.25. The van der Waals surface area contributed by atoms with Crippen LogP contribution in [0.1, 0.15) is 25.0 Å². The first kappa shape index (κ1) is 22.0. The number of allylic oxidation sites excluding steroid dienone is 4. The average molecular weight is 363 g/mol. The van der Waals surface area contributed by atoms with Crippen molar-refractivity contribution in [3.63, 3.8) is 0 Å². The van der Waals surface area contributed by atoms with Crippen molar-refractivity contribution in [2.75, 3.05) is 20.6 Å². The standard InChI is InChI=1S/C23H30N4/c1-7-23(8-2)27-15-19(4)26-16-20-9-11-21(12-10-20)22(17-25-6)13-18(3)14-24-5/h1,8-13,15,17,24-26H,2,14,16H2,3-6H3/b18-13-,19-15+,22-17+,27-23-. The molecule has 0 atom stereocenters. The van der Waals surface area contributed by atoms with Gasteiger partial charge < -0.3 is 16.0 Å². The van der Waals surface area contributed by atoms with Gasteiger partial charge in [0, 0.05) is 38.2 Å². The van der Waals surface area contributed by atoms with Gasteiger partial charge in [-0.25, -0.2) is 4.99 Å². The molecule has 0 radical (unpaired) electrons. The van der Waals surface area contributed by atoms with E-state index in [-0.39, 0.29) is 0 Å².